The molecular weight excluding hydrogens is 360 g/mol. The van der Waals surface area contributed by atoms with E-state index in [0.29, 0.717) is 24.2 Å². The third-order valence-electron chi connectivity index (χ3n) is 3.54. The van der Waals surface area contributed by atoms with E-state index in [1.165, 1.54) is 24.3 Å². The fourth-order valence-corrected chi connectivity index (χ4v) is 2.29. The molecule has 0 atom stereocenters. The maximum Gasteiger partial charge on any atom is 0.341 e. The number of carbonyl (C=O) groups excluding carboxylic acids is 1. The van der Waals surface area contributed by atoms with E-state index in [4.69, 9.17) is 14.6 Å². The number of aliphatic carboxylic acids is 1. The third kappa shape index (κ3) is 5.95. The van der Waals surface area contributed by atoms with Crippen LogP contribution in [0.25, 0.3) is 0 Å². The first-order valence-corrected chi connectivity index (χ1v) is 8.24. The number of carbonyl (C=O) groups is 2. The molecule has 0 saturated carbocycles. The number of hydrogen-bond donors (Lipinski definition) is 2. The molecule has 0 heterocycles. The summed E-state index contributed by atoms with van der Waals surface area (Å²) >= 11 is 0. The van der Waals surface area contributed by atoms with Crippen LogP contribution in [0.15, 0.2) is 36.4 Å². The summed E-state index contributed by atoms with van der Waals surface area (Å²) in [6, 6.07) is 7.96. The van der Waals surface area contributed by atoms with Gasteiger partial charge < -0.3 is 19.9 Å². The summed E-state index contributed by atoms with van der Waals surface area (Å²) in [4.78, 5) is 22.9. The topological polar surface area (TPSA) is 84.9 Å². The summed E-state index contributed by atoms with van der Waals surface area (Å²) in [5, 5.41) is 11.4. The minimum Gasteiger partial charge on any atom is -0.490 e. The van der Waals surface area contributed by atoms with Crippen LogP contribution in [0.4, 0.5) is 8.78 Å². The van der Waals surface area contributed by atoms with Crippen LogP contribution in [0.2, 0.25) is 0 Å². The molecule has 0 saturated heterocycles. The Kier molecular flexibility index (Phi) is 7.10. The summed E-state index contributed by atoms with van der Waals surface area (Å²) in [6.07, 6.45) is 0.334. The normalized spacial score (nSPS) is 10.3. The molecule has 0 aliphatic carbocycles. The lowest BCUT2D eigenvalue weighted by Gasteiger charge is -2.12. The van der Waals surface area contributed by atoms with E-state index in [1.54, 1.807) is 6.92 Å². The second-order valence-corrected chi connectivity index (χ2v) is 5.53. The second-order valence-electron chi connectivity index (χ2n) is 5.53. The molecule has 0 radical (unpaired) electrons. The molecule has 0 aromatic heterocycles. The third-order valence-corrected chi connectivity index (χ3v) is 3.54. The van der Waals surface area contributed by atoms with Crippen LogP contribution < -0.4 is 14.8 Å². The maximum absolute atomic E-state index is 13.2. The molecule has 0 fully saturated rings. The van der Waals surface area contributed by atoms with Crippen LogP contribution in [-0.4, -0.2) is 36.7 Å². The first-order valence-electron chi connectivity index (χ1n) is 8.24. The Hall–Kier alpha value is -3.16. The summed E-state index contributed by atoms with van der Waals surface area (Å²) in [5.41, 5.74) is 0.855. The zero-order valence-electron chi connectivity index (χ0n) is 14.6. The van der Waals surface area contributed by atoms with Crippen molar-refractivity contribution in [2.24, 2.45) is 0 Å². The van der Waals surface area contributed by atoms with Crippen LogP contribution in [0.3, 0.4) is 0 Å². The van der Waals surface area contributed by atoms with Gasteiger partial charge in [-0.1, -0.05) is 6.07 Å². The van der Waals surface area contributed by atoms with Gasteiger partial charge in [0.2, 0.25) is 0 Å². The van der Waals surface area contributed by atoms with Crippen molar-refractivity contribution in [2.75, 3.05) is 19.8 Å². The van der Waals surface area contributed by atoms with E-state index in [-0.39, 0.29) is 24.0 Å². The van der Waals surface area contributed by atoms with Gasteiger partial charge in [0.05, 0.1) is 6.61 Å². The molecule has 144 valence electrons. The first kappa shape index (κ1) is 20.2. The SMILES string of the molecule is CCOc1cc(C(=O)NCCc2ccc(F)c(F)c2)ccc1OCC(=O)O. The molecule has 0 aliphatic rings. The van der Waals surface area contributed by atoms with E-state index < -0.39 is 24.2 Å². The summed E-state index contributed by atoms with van der Waals surface area (Å²) in [5.74, 6) is -2.89. The fourth-order valence-electron chi connectivity index (χ4n) is 2.29. The Labute approximate surface area is 154 Å². The van der Waals surface area contributed by atoms with Crippen LogP contribution >= 0.6 is 0 Å². The summed E-state index contributed by atoms with van der Waals surface area (Å²) < 4.78 is 36.6. The van der Waals surface area contributed by atoms with Crippen molar-refractivity contribution in [1.29, 1.82) is 0 Å². The predicted octanol–water partition coefficient (Wildman–Crippen LogP) is 2.80. The van der Waals surface area contributed by atoms with E-state index in [0.717, 1.165) is 12.1 Å². The molecule has 2 N–H and O–H groups in total. The molecule has 0 aliphatic heterocycles. The van der Waals surface area contributed by atoms with Crippen molar-refractivity contribution in [3.63, 3.8) is 0 Å². The van der Waals surface area contributed by atoms with E-state index in [1.807, 2.05) is 0 Å². The number of ether oxygens (including phenoxy) is 2. The average molecular weight is 379 g/mol. The summed E-state index contributed by atoms with van der Waals surface area (Å²) in [7, 11) is 0. The minimum absolute atomic E-state index is 0.220. The van der Waals surface area contributed by atoms with Crippen molar-refractivity contribution >= 4 is 11.9 Å². The zero-order chi connectivity index (χ0) is 19.8. The molecule has 2 aromatic rings. The van der Waals surface area contributed by atoms with Gasteiger partial charge in [0.1, 0.15) is 0 Å². The van der Waals surface area contributed by atoms with E-state index in [2.05, 4.69) is 5.32 Å². The Bertz CT molecular complexity index is 826. The Morgan fingerprint density at radius 2 is 1.81 bits per heavy atom. The lowest BCUT2D eigenvalue weighted by Crippen LogP contribution is -2.25. The molecule has 0 spiro atoms. The Morgan fingerprint density at radius 1 is 1.04 bits per heavy atom. The largest absolute Gasteiger partial charge is 0.490 e. The highest BCUT2D eigenvalue weighted by Crippen LogP contribution is 2.28. The highest BCUT2D eigenvalue weighted by Gasteiger charge is 2.13. The lowest BCUT2D eigenvalue weighted by molar-refractivity contribution is -0.139. The summed E-state index contributed by atoms with van der Waals surface area (Å²) in [6.45, 7) is 1.76. The van der Waals surface area contributed by atoms with Crippen LogP contribution in [0.1, 0.15) is 22.8 Å². The number of carboxylic acid groups (broad SMARTS) is 1. The van der Waals surface area contributed by atoms with Gasteiger partial charge in [-0.3, -0.25) is 4.79 Å². The molecule has 2 rings (SSSR count). The minimum atomic E-state index is -1.13. The van der Waals surface area contributed by atoms with Crippen molar-refractivity contribution in [2.45, 2.75) is 13.3 Å². The van der Waals surface area contributed by atoms with Gasteiger partial charge in [-0.2, -0.15) is 0 Å². The number of amides is 1. The van der Waals surface area contributed by atoms with Gasteiger partial charge in [-0.05, 0) is 49.2 Å². The van der Waals surface area contributed by atoms with Crippen LogP contribution in [0.5, 0.6) is 11.5 Å². The number of nitrogens with one attached hydrogen (secondary N) is 1. The number of carboxylic acids is 1. The van der Waals surface area contributed by atoms with E-state index >= 15 is 0 Å². The molecule has 0 unspecified atom stereocenters. The van der Waals surface area contributed by atoms with Gasteiger partial charge in [0.25, 0.3) is 5.91 Å². The first-order chi connectivity index (χ1) is 12.9. The van der Waals surface area contributed by atoms with Crippen LogP contribution in [-0.2, 0) is 11.2 Å². The number of hydrogen-bond acceptors (Lipinski definition) is 4. The second kappa shape index (κ2) is 9.51. The standard InChI is InChI=1S/C19H19F2NO5/c1-2-26-17-10-13(4-6-16(17)27-11-18(23)24)19(25)22-8-7-12-3-5-14(20)15(21)9-12/h3-6,9-10H,2,7-8,11H2,1H3,(H,22,25)(H,23,24). The Balaban J connectivity index is 1.99. The molecule has 8 heteroatoms. The quantitative estimate of drug-likeness (QED) is 0.700. The molecule has 2 aromatic carbocycles. The number of halogens is 2. The molecule has 1 amide bonds. The molecule has 6 nitrogen and oxygen atoms in total. The highest BCUT2D eigenvalue weighted by molar-refractivity contribution is 5.94. The van der Waals surface area contributed by atoms with Crippen molar-refractivity contribution in [3.8, 4) is 11.5 Å². The van der Waals surface area contributed by atoms with Crippen molar-refractivity contribution in [3.05, 3.63) is 59.2 Å². The molecular formula is C19H19F2NO5. The van der Waals surface area contributed by atoms with Crippen molar-refractivity contribution < 1.29 is 33.0 Å². The highest BCUT2D eigenvalue weighted by atomic mass is 19.2. The van der Waals surface area contributed by atoms with Crippen molar-refractivity contribution in [1.82, 2.24) is 5.32 Å². The smallest absolute Gasteiger partial charge is 0.341 e. The molecule has 27 heavy (non-hydrogen) atoms. The monoisotopic (exact) mass is 379 g/mol. The predicted molar refractivity (Wildman–Crippen MR) is 93.1 cm³/mol. The number of benzene rings is 2. The zero-order valence-corrected chi connectivity index (χ0v) is 14.6. The maximum atomic E-state index is 13.2. The lowest BCUT2D eigenvalue weighted by atomic mass is 10.1. The van der Waals surface area contributed by atoms with Gasteiger partial charge in [-0.25, -0.2) is 13.6 Å². The van der Waals surface area contributed by atoms with E-state index in [9.17, 15) is 18.4 Å². The van der Waals surface area contributed by atoms with Gasteiger partial charge in [0, 0.05) is 12.1 Å². The average Bonchev–Trinajstić information content (AvgIpc) is 2.63. The fraction of sp³-hybridized carbons (Fsp3) is 0.263. The van der Waals surface area contributed by atoms with Crippen LogP contribution in [0, 0.1) is 11.6 Å². The number of rotatable bonds is 9. The van der Waals surface area contributed by atoms with Gasteiger partial charge in [0.15, 0.2) is 29.7 Å². The Morgan fingerprint density at radius 3 is 2.48 bits per heavy atom. The van der Waals surface area contributed by atoms with Gasteiger partial charge >= 0.3 is 5.97 Å². The molecule has 0 bridgehead atoms. The van der Waals surface area contributed by atoms with Gasteiger partial charge in [-0.15, -0.1) is 0 Å².